The van der Waals surface area contributed by atoms with Crippen LogP contribution in [0.1, 0.15) is 5.56 Å². The Hall–Kier alpha value is 0.0800. The van der Waals surface area contributed by atoms with E-state index in [9.17, 15) is 0 Å². The first kappa shape index (κ1) is 8.18. The highest BCUT2D eigenvalue weighted by Gasteiger charge is 2.02. The Morgan fingerprint density at radius 2 is 2.50 bits per heavy atom. The molecular weight excluding hydrogens is 184 g/mol. The molecule has 0 atom stereocenters. The summed E-state index contributed by atoms with van der Waals surface area (Å²) >= 11 is 9.08. The van der Waals surface area contributed by atoms with Gasteiger partial charge in [-0.25, -0.2) is 0 Å². The van der Waals surface area contributed by atoms with Crippen LogP contribution >= 0.6 is 34.7 Å². The van der Waals surface area contributed by atoms with Crippen molar-refractivity contribution in [2.24, 2.45) is 0 Å². The summed E-state index contributed by atoms with van der Waals surface area (Å²) in [5.74, 6) is 0. The van der Waals surface area contributed by atoms with E-state index in [2.05, 4.69) is 6.58 Å². The molecule has 3 heteroatoms. The summed E-state index contributed by atoms with van der Waals surface area (Å²) in [6, 6.07) is 1.94. The third-order valence-electron chi connectivity index (χ3n) is 1.10. The topological polar surface area (TPSA) is 0 Å². The van der Waals surface area contributed by atoms with E-state index < -0.39 is 0 Å². The second-order valence-corrected chi connectivity index (χ2v) is 4.46. The molecule has 0 fully saturated rings. The van der Waals surface area contributed by atoms with E-state index in [1.165, 1.54) is 4.21 Å². The number of hydrogen-bond acceptors (Lipinski definition) is 2. The average molecular weight is 191 g/mol. The SMILES string of the molecule is C=Cc1cc(Cl)sc1SC. The van der Waals surface area contributed by atoms with E-state index in [-0.39, 0.29) is 0 Å². The van der Waals surface area contributed by atoms with Gasteiger partial charge in [-0.1, -0.05) is 24.3 Å². The molecule has 0 bridgehead atoms. The summed E-state index contributed by atoms with van der Waals surface area (Å²) in [4.78, 5) is 0. The van der Waals surface area contributed by atoms with Crippen molar-refractivity contribution in [1.29, 1.82) is 0 Å². The van der Waals surface area contributed by atoms with Crippen molar-refractivity contribution in [2.45, 2.75) is 4.21 Å². The van der Waals surface area contributed by atoms with Gasteiger partial charge in [0.25, 0.3) is 0 Å². The summed E-state index contributed by atoms with van der Waals surface area (Å²) in [6.07, 6.45) is 3.86. The van der Waals surface area contributed by atoms with Crippen molar-refractivity contribution in [1.82, 2.24) is 0 Å². The molecule has 0 aliphatic rings. The summed E-state index contributed by atoms with van der Waals surface area (Å²) in [6.45, 7) is 3.69. The van der Waals surface area contributed by atoms with Crippen LogP contribution in [0.5, 0.6) is 0 Å². The van der Waals surface area contributed by atoms with Gasteiger partial charge in [-0.15, -0.1) is 23.1 Å². The molecule has 0 radical (unpaired) electrons. The Bertz CT molecular complexity index is 240. The van der Waals surface area contributed by atoms with Crippen molar-refractivity contribution in [3.8, 4) is 0 Å². The van der Waals surface area contributed by atoms with Crippen molar-refractivity contribution >= 4 is 40.8 Å². The maximum absolute atomic E-state index is 5.78. The van der Waals surface area contributed by atoms with Crippen molar-refractivity contribution in [3.63, 3.8) is 0 Å². The Kier molecular flexibility index (Phi) is 2.83. The lowest BCUT2D eigenvalue weighted by atomic mass is 10.3. The molecule has 0 nitrogen and oxygen atoms in total. The molecule has 0 saturated carbocycles. The first-order chi connectivity index (χ1) is 4.77. The van der Waals surface area contributed by atoms with Crippen LogP contribution in [0.4, 0.5) is 0 Å². The highest BCUT2D eigenvalue weighted by Crippen LogP contribution is 2.33. The molecule has 1 aromatic heterocycles. The quantitative estimate of drug-likeness (QED) is 0.640. The minimum atomic E-state index is 0.833. The van der Waals surface area contributed by atoms with Gasteiger partial charge in [-0.05, 0) is 17.9 Å². The Labute approximate surface area is 73.9 Å². The van der Waals surface area contributed by atoms with Gasteiger partial charge in [-0.3, -0.25) is 0 Å². The average Bonchev–Trinajstić information content (AvgIpc) is 2.30. The van der Waals surface area contributed by atoms with Gasteiger partial charge < -0.3 is 0 Å². The fraction of sp³-hybridized carbons (Fsp3) is 0.143. The zero-order valence-corrected chi connectivity index (χ0v) is 7.95. The molecule has 0 unspecified atom stereocenters. The summed E-state index contributed by atoms with van der Waals surface area (Å²) in [5.41, 5.74) is 1.14. The monoisotopic (exact) mass is 190 g/mol. The molecule has 0 aliphatic carbocycles. The number of thiophene rings is 1. The summed E-state index contributed by atoms with van der Waals surface area (Å²) in [7, 11) is 0. The zero-order valence-electron chi connectivity index (χ0n) is 5.56. The maximum Gasteiger partial charge on any atom is 0.0946 e. The van der Waals surface area contributed by atoms with E-state index >= 15 is 0 Å². The van der Waals surface area contributed by atoms with E-state index in [1.54, 1.807) is 23.1 Å². The molecule has 0 N–H and O–H groups in total. The van der Waals surface area contributed by atoms with Crippen LogP contribution in [-0.2, 0) is 0 Å². The van der Waals surface area contributed by atoms with Crippen molar-refractivity contribution < 1.29 is 0 Å². The second-order valence-electron chi connectivity index (χ2n) is 1.70. The van der Waals surface area contributed by atoms with Gasteiger partial charge in [-0.2, -0.15) is 0 Å². The predicted octanol–water partition coefficient (Wildman–Crippen LogP) is 3.77. The molecular formula is C7H7ClS2. The molecule has 10 heavy (non-hydrogen) atoms. The molecule has 0 aromatic carbocycles. The van der Waals surface area contributed by atoms with Crippen LogP contribution < -0.4 is 0 Å². The van der Waals surface area contributed by atoms with Crippen LogP contribution in [0, 0.1) is 0 Å². The number of hydrogen-bond donors (Lipinski definition) is 0. The highest BCUT2D eigenvalue weighted by molar-refractivity contribution is 8.00. The van der Waals surface area contributed by atoms with Gasteiger partial charge in [0.15, 0.2) is 0 Å². The molecule has 0 amide bonds. The number of rotatable bonds is 2. The lowest BCUT2D eigenvalue weighted by Crippen LogP contribution is -1.63. The van der Waals surface area contributed by atoms with E-state index in [4.69, 9.17) is 11.6 Å². The molecule has 0 saturated heterocycles. The van der Waals surface area contributed by atoms with Gasteiger partial charge >= 0.3 is 0 Å². The molecule has 0 aliphatic heterocycles. The van der Waals surface area contributed by atoms with Crippen LogP contribution in [0.25, 0.3) is 6.08 Å². The molecule has 1 aromatic rings. The van der Waals surface area contributed by atoms with Crippen LogP contribution in [-0.4, -0.2) is 6.26 Å². The lowest BCUT2D eigenvalue weighted by molar-refractivity contribution is 1.66. The highest BCUT2D eigenvalue weighted by atomic mass is 35.5. The standard InChI is InChI=1S/C7H7ClS2/c1-3-5-4-6(8)10-7(5)9-2/h3-4H,1H2,2H3. The molecule has 0 spiro atoms. The van der Waals surface area contributed by atoms with E-state index in [1.807, 2.05) is 18.4 Å². The second kappa shape index (κ2) is 3.46. The maximum atomic E-state index is 5.78. The van der Waals surface area contributed by atoms with Gasteiger partial charge in [0, 0.05) is 0 Å². The lowest BCUT2D eigenvalue weighted by Gasteiger charge is -1.88. The molecule has 1 rings (SSSR count). The normalized spacial score (nSPS) is 9.80. The van der Waals surface area contributed by atoms with Crippen molar-refractivity contribution in [3.05, 3.63) is 22.5 Å². The largest absolute Gasteiger partial charge is 0.118 e. The first-order valence-electron chi connectivity index (χ1n) is 2.73. The fourth-order valence-corrected chi connectivity index (χ4v) is 2.75. The van der Waals surface area contributed by atoms with Crippen molar-refractivity contribution in [2.75, 3.05) is 6.26 Å². The van der Waals surface area contributed by atoms with E-state index in [0.29, 0.717) is 0 Å². The molecule has 1 heterocycles. The van der Waals surface area contributed by atoms with E-state index in [0.717, 1.165) is 9.90 Å². The Morgan fingerprint density at radius 1 is 1.80 bits per heavy atom. The van der Waals surface area contributed by atoms with Gasteiger partial charge in [0.1, 0.15) is 0 Å². The number of halogens is 1. The molecule has 54 valence electrons. The summed E-state index contributed by atoms with van der Waals surface area (Å²) in [5, 5.41) is 0. The predicted molar refractivity (Wildman–Crippen MR) is 51.2 cm³/mol. The zero-order chi connectivity index (χ0) is 7.56. The first-order valence-corrected chi connectivity index (χ1v) is 5.15. The smallest absolute Gasteiger partial charge is 0.0946 e. The third kappa shape index (κ3) is 1.57. The van der Waals surface area contributed by atoms with Crippen LogP contribution in [0.2, 0.25) is 4.34 Å². The minimum Gasteiger partial charge on any atom is -0.118 e. The summed E-state index contributed by atoms with van der Waals surface area (Å²) < 4.78 is 2.07. The Balaban J connectivity index is 3.08. The van der Waals surface area contributed by atoms with Gasteiger partial charge in [0.2, 0.25) is 0 Å². The van der Waals surface area contributed by atoms with Gasteiger partial charge in [0.05, 0.1) is 8.55 Å². The van der Waals surface area contributed by atoms with Crippen LogP contribution in [0.3, 0.4) is 0 Å². The van der Waals surface area contributed by atoms with Crippen LogP contribution in [0.15, 0.2) is 16.9 Å². The fourth-order valence-electron chi connectivity index (χ4n) is 0.660. The third-order valence-corrected chi connectivity index (χ3v) is 3.53. The number of thioether (sulfide) groups is 1. The minimum absolute atomic E-state index is 0.833. The Morgan fingerprint density at radius 3 is 2.90 bits per heavy atom.